The van der Waals surface area contributed by atoms with Crippen molar-refractivity contribution in [2.75, 3.05) is 0 Å². The van der Waals surface area contributed by atoms with Crippen molar-refractivity contribution in [1.82, 2.24) is 5.09 Å². The summed E-state index contributed by atoms with van der Waals surface area (Å²) in [7, 11) is -0.993. The summed E-state index contributed by atoms with van der Waals surface area (Å²) in [6, 6.07) is 0. The number of rotatable bonds is 0. The summed E-state index contributed by atoms with van der Waals surface area (Å²) in [6.07, 6.45) is 3.45. The van der Waals surface area contributed by atoms with Gasteiger partial charge in [0.25, 0.3) is 0 Å². The third kappa shape index (κ3) is 0.614. The first-order chi connectivity index (χ1) is 2.89. The first-order valence-electron chi connectivity index (χ1n) is 1.64. The molecular formula is C2H6N3P. The predicted molar refractivity (Wildman–Crippen MR) is 27.2 cm³/mol. The Hall–Kier alpha value is -0.270. The van der Waals surface area contributed by atoms with Gasteiger partial charge in [-0.1, -0.05) is 0 Å². The Morgan fingerprint density at radius 1 is 1.83 bits per heavy atom. The lowest BCUT2D eigenvalue weighted by atomic mass is 11.0. The van der Waals surface area contributed by atoms with E-state index in [-0.39, 0.29) is 0 Å². The molecule has 0 aromatic carbocycles. The fourth-order valence-corrected chi connectivity index (χ4v) is 0.832. The van der Waals surface area contributed by atoms with E-state index in [4.69, 9.17) is 5.50 Å². The Balaban J connectivity index is 2.61. The van der Waals surface area contributed by atoms with Crippen LogP contribution < -0.4 is 10.6 Å². The molecule has 3 nitrogen and oxygen atoms in total. The molecule has 0 saturated heterocycles. The quantitative estimate of drug-likeness (QED) is 0.431. The summed E-state index contributed by atoms with van der Waals surface area (Å²) in [4.78, 5) is 0. The monoisotopic (exact) mass is 103 g/mol. The molecule has 1 aliphatic rings. The summed E-state index contributed by atoms with van der Waals surface area (Å²) in [5.74, 6) is 0. The second-order valence-corrected chi connectivity index (χ2v) is 2.29. The summed E-state index contributed by atoms with van der Waals surface area (Å²) in [5.41, 5.74) is 5.30. The SMILES string of the molecule is N[PH]1=NC=CN1. The third-order valence-electron chi connectivity index (χ3n) is 0.519. The highest BCUT2D eigenvalue weighted by Crippen LogP contribution is 2.12. The zero-order chi connectivity index (χ0) is 4.41. The average molecular weight is 103 g/mol. The van der Waals surface area contributed by atoms with Crippen LogP contribution >= 0.6 is 8.01 Å². The molecule has 34 valence electrons. The normalized spacial score (nSPS) is 29.2. The molecule has 1 heterocycles. The van der Waals surface area contributed by atoms with E-state index in [1.54, 1.807) is 12.4 Å². The number of nitrogens with one attached hydrogen (secondary N) is 1. The van der Waals surface area contributed by atoms with Crippen LogP contribution in [0.3, 0.4) is 0 Å². The lowest BCUT2D eigenvalue weighted by Crippen LogP contribution is -1.91. The van der Waals surface area contributed by atoms with Crippen molar-refractivity contribution < 1.29 is 0 Å². The van der Waals surface area contributed by atoms with Gasteiger partial charge in [0, 0.05) is 12.4 Å². The maximum Gasteiger partial charge on any atom is 0.105 e. The molecule has 1 aliphatic heterocycles. The molecule has 1 unspecified atom stereocenters. The number of hydrogen-bond acceptors (Lipinski definition) is 3. The minimum atomic E-state index is -0.993. The zero-order valence-electron chi connectivity index (χ0n) is 3.18. The molecule has 3 N–H and O–H groups in total. The fraction of sp³-hybridized carbons (Fsp3) is 0. The second kappa shape index (κ2) is 1.45. The summed E-state index contributed by atoms with van der Waals surface area (Å²) >= 11 is 0. The van der Waals surface area contributed by atoms with Crippen LogP contribution in [0.25, 0.3) is 0 Å². The van der Waals surface area contributed by atoms with Gasteiger partial charge in [0.15, 0.2) is 0 Å². The topological polar surface area (TPSA) is 50.4 Å². The number of hydrogen-bond donors (Lipinski definition) is 2. The van der Waals surface area contributed by atoms with E-state index < -0.39 is 8.01 Å². The molecule has 0 amide bonds. The molecule has 0 aromatic rings. The molecule has 0 radical (unpaired) electrons. The van der Waals surface area contributed by atoms with Gasteiger partial charge in [-0.2, -0.15) is 0 Å². The van der Waals surface area contributed by atoms with Crippen molar-refractivity contribution in [1.29, 1.82) is 0 Å². The van der Waals surface area contributed by atoms with Crippen LogP contribution in [0.2, 0.25) is 0 Å². The molecule has 0 saturated carbocycles. The molecular weight excluding hydrogens is 97.0 g/mol. The van der Waals surface area contributed by atoms with Crippen molar-refractivity contribution in [2.45, 2.75) is 0 Å². The van der Waals surface area contributed by atoms with Gasteiger partial charge in [-0.05, 0) is 0 Å². The molecule has 6 heavy (non-hydrogen) atoms. The Morgan fingerprint density at radius 2 is 2.67 bits per heavy atom. The summed E-state index contributed by atoms with van der Waals surface area (Å²) in [5, 5.41) is 2.85. The summed E-state index contributed by atoms with van der Waals surface area (Å²) < 4.78 is 3.82. The van der Waals surface area contributed by atoms with Crippen LogP contribution in [0.1, 0.15) is 0 Å². The van der Waals surface area contributed by atoms with Gasteiger partial charge in [0.2, 0.25) is 0 Å². The number of nitrogens with zero attached hydrogens (tertiary/aromatic N) is 1. The Morgan fingerprint density at radius 3 is 2.83 bits per heavy atom. The highest BCUT2D eigenvalue weighted by atomic mass is 31.1. The lowest BCUT2D eigenvalue weighted by Gasteiger charge is -1.86. The summed E-state index contributed by atoms with van der Waals surface area (Å²) in [6.45, 7) is 0. The largest absolute Gasteiger partial charge is 0.348 e. The van der Waals surface area contributed by atoms with Gasteiger partial charge >= 0.3 is 0 Å². The van der Waals surface area contributed by atoms with Gasteiger partial charge < -0.3 is 5.09 Å². The van der Waals surface area contributed by atoms with Gasteiger partial charge in [-0.15, -0.1) is 0 Å². The van der Waals surface area contributed by atoms with Crippen LogP contribution in [-0.2, 0) is 0 Å². The van der Waals surface area contributed by atoms with Gasteiger partial charge in [-0.25, -0.2) is 4.74 Å². The van der Waals surface area contributed by atoms with Gasteiger partial charge in [0.05, 0.1) is 0 Å². The van der Waals surface area contributed by atoms with E-state index in [1.165, 1.54) is 0 Å². The van der Waals surface area contributed by atoms with Gasteiger partial charge in [0.1, 0.15) is 8.01 Å². The third-order valence-corrected chi connectivity index (χ3v) is 1.41. The highest BCUT2D eigenvalue weighted by Gasteiger charge is 1.82. The van der Waals surface area contributed by atoms with Gasteiger partial charge in [-0.3, -0.25) is 5.50 Å². The lowest BCUT2D eigenvalue weighted by molar-refractivity contribution is 1.41. The van der Waals surface area contributed by atoms with Crippen molar-refractivity contribution in [2.24, 2.45) is 10.2 Å². The van der Waals surface area contributed by atoms with Crippen molar-refractivity contribution in [3.63, 3.8) is 0 Å². The molecule has 0 aromatic heterocycles. The standard InChI is InChI=1S/C2H6N3P/c3-6-4-1-2-5-6/h1-2,6H,(H3,3,4,5). The molecule has 1 atom stereocenters. The Kier molecular flexibility index (Phi) is 0.946. The molecule has 0 bridgehead atoms. The Bertz CT molecular complexity index is 105. The van der Waals surface area contributed by atoms with Crippen LogP contribution in [0.15, 0.2) is 17.1 Å². The fourth-order valence-electron chi connectivity index (χ4n) is 0.277. The van der Waals surface area contributed by atoms with E-state index in [0.29, 0.717) is 0 Å². The predicted octanol–water partition coefficient (Wildman–Crippen LogP) is 0.247. The average Bonchev–Trinajstić information content (AvgIpc) is 1.86. The Labute approximate surface area is 36.8 Å². The number of nitrogens with two attached hydrogens (primary N) is 1. The molecule has 0 aliphatic carbocycles. The maximum atomic E-state index is 5.30. The van der Waals surface area contributed by atoms with Crippen LogP contribution in [0.4, 0.5) is 0 Å². The first kappa shape index (κ1) is 3.90. The highest BCUT2D eigenvalue weighted by molar-refractivity contribution is 7.42. The van der Waals surface area contributed by atoms with Crippen LogP contribution in [0, 0.1) is 0 Å². The van der Waals surface area contributed by atoms with E-state index >= 15 is 0 Å². The molecule has 0 spiro atoms. The van der Waals surface area contributed by atoms with E-state index in [0.717, 1.165) is 0 Å². The van der Waals surface area contributed by atoms with E-state index in [1.807, 2.05) is 0 Å². The molecule has 4 heteroatoms. The van der Waals surface area contributed by atoms with E-state index in [9.17, 15) is 0 Å². The van der Waals surface area contributed by atoms with Crippen molar-refractivity contribution in [3.05, 3.63) is 12.4 Å². The molecule has 1 rings (SSSR count). The van der Waals surface area contributed by atoms with Crippen molar-refractivity contribution >= 4 is 8.01 Å². The van der Waals surface area contributed by atoms with Crippen LogP contribution in [0.5, 0.6) is 0 Å². The second-order valence-electron chi connectivity index (χ2n) is 0.974. The van der Waals surface area contributed by atoms with E-state index in [2.05, 4.69) is 9.83 Å². The minimum absolute atomic E-state index is 0.993. The zero-order valence-corrected chi connectivity index (χ0v) is 4.18. The maximum absolute atomic E-state index is 5.30. The molecule has 0 fully saturated rings. The van der Waals surface area contributed by atoms with Crippen molar-refractivity contribution in [3.8, 4) is 0 Å². The first-order valence-corrected chi connectivity index (χ1v) is 3.17. The van der Waals surface area contributed by atoms with Crippen LogP contribution in [-0.4, -0.2) is 0 Å². The minimum Gasteiger partial charge on any atom is -0.348 e. The smallest absolute Gasteiger partial charge is 0.105 e.